The molecule has 2 aromatic heterocycles. The van der Waals surface area contributed by atoms with E-state index in [4.69, 9.17) is 11.6 Å². The number of fused-ring (bicyclic) bond motifs is 1. The van der Waals surface area contributed by atoms with Gasteiger partial charge in [-0.3, -0.25) is 0 Å². The Kier molecular flexibility index (Phi) is 4.22. The van der Waals surface area contributed by atoms with E-state index < -0.39 is 0 Å². The van der Waals surface area contributed by atoms with Crippen molar-refractivity contribution < 1.29 is 4.39 Å². The van der Waals surface area contributed by atoms with E-state index in [1.54, 1.807) is 17.4 Å². The Balaban J connectivity index is 1.92. The molecule has 3 nitrogen and oxygen atoms in total. The number of imidazole rings is 1. The summed E-state index contributed by atoms with van der Waals surface area (Å²) in [7, 11) is 0. The van der Waals surface area contributed by atoms with Gasteiger partial charge in [0.15, 0.2) is 0 Å². The van der Waals surface area contributed by atoms with Gasteiger partial charge in [-0.05, 0) is 19.1 Å². The van der Waals surface area contributed by atoms with Crippen LogP contribution in [-0.2, 0) is 19.4 Å². The topological polar surface area (TPSA) is 30.7 Å². The molecule has 3 rings (SSSR count). The number of hydrogen-bond donors (Lipinski definition) is 0. The Morgan fingerprint density at radius 1 is 1.29 bits per heavy atom. The highest BCUT2D eigenvalue weighted by atomic mass is 35.5. The SMILES string of the molecule is Cc1nc(CCn2c(CCCl)nc3cc(F)ccc32)cs1. The van der Waals surface area contributed by atoms with Crippen LogP contribution in [0.1, 0.15) is 16.5 Å². The maximum absolute atomic E-state index is 13.3. The standard InChI is InChI=1S/C15H15ClFN3S/c1-10-18-12(9-21-10)5-7-20-14-3-2-11(17)8-13(14)19-15(20)4-6-16/h2-3,8-9H,4-7H2,1H3. The van der Waals surface area contributed by atoms with E-state index in [-0.39, 0.29) is 5.82 Å². The predicted octanol–water partition coefficient (Wildman–Crippen LogP) is 3.96. The number of aryl methyl sites for hydroxylation is 4. The first-order valence-electron chi connectivity index (χ1n) is 6.79. The summed E-state index contributed by atoms with van der Waals surface area (Å²) in [4.78, 5) is 8.98. The third-order valence-electron chi connectivity index (χ3n) is 3.37. The minimum absolute atomic E-state index is 0.264. The fourth-order valence-electron chi connectivity index (χ4n) is 2.43. The van der Waals surface area contributed by atoms with Crippen molar-refractivity contribution in [1.82, 2.24) is 14.5 Å². The fourth-order valence-corrected chi connectivity index (χ4v) is 3.24. The summed E-state index contributed by atoms with van der Waals surface area (Å²) in [5, 5.41) is 3.15. The molecule has 0 aliphatic carbocycles. The molecule has 0 N–H and O–H groups in total. The lowest BCUT2D eigenvalue weighted by Gasteiger charge is -2.07. The van der Waals surface area contributed by atoms with Gasteiger partial charge in [-0.1, -0.05) is 0 Å². The number of thiazole rings is 1. The minimum atomic E-state index is -0.264. The summed E-state index contributed by atoms with van der Waals surface area (Å²) in [6, 6.07) is 4.72. The summed E-state index contributed by atoms with van der Waals surface area (Å²) in [5.41, 5.74) is 2.71. The van der Waals surface area contributed by atoms with Crippen LogP contribution in [0.4, 0.5) is 4.39 Å². The number of aromatic nitrogens is 3. The van der Waals surface area contributed by atoms with Crippen molar-refractivity contribution in [1.29, 1.82) is 0 Å². The van der Waals surface area contributed by atoms with Gasteiger partial charge in [-0.25, -0.2) is 14.4 Å². The number of rotatable bonds is 5. The molecule has 0 saturated heterocycles. The quantitative estimate of drug-likeness (QED) is 0.665. The molecular formula is C15H15ClFN3S. The summed E-state index contributed by atoms with van der Waals surface area (Å²) < 4.78 is 15.4. The highest BCUT2D eigenvalue weighted by molar-refractivity contribution is 7.09. The second kappa shape index (κ2) is 6.12. The fraction of sp³-hybridized carbons (Fsp3) is 0.333. The van der Waals surface area contributed by atoms with Crippen LogP contribution >= 0.6 is 22.9 Å². The Labute approximate surface area is 131 Å². The van der Waals surface area contributed by atoms with E-state index in [1.165, 1.54) is 12.1 Å². The maximum atomic E-state index is 13.3. The van der Waals surface area contributed by atoms with Crippen LogP contribution in [0.5, 0.6) is 0 Å². The molecule has 0 spiro atoms. The first-order chi connectivity index (χ1) is 10.2. The molecule has 0 amide bonds. The second-order valence-electron chi connectivity index (χ2n) is 4.86. The molecule has 0 fully saturated rings. The van der Waals surface area contributed by atoms with Crippen LogP contribution in [0.15, 0.2) is 23.6 Å². The molecule has 1 aromatic carbocycles. The smallest absolute Gasteiger partial charge is 0.125 e. The van der Waals surface area contributed by atoms with Crippen molar-refractivity contribution in [2.75, 3.05) is 5.88 Å². The van der Waals surface area contributed by atoms with Crippen LogP contribution in [-0.4, -0.2) is 20.4 Å². The zero-order chi connectivity index (χ0) is 14.8. The van der Waals surface area contributed by atoms with Gasteiger partial charge in [0.25, 0.3) is 0 Å². The van der Waals surface area contributed by atoms with Gasteiger partial charge in [-0.15, -0.1) is 22.9 Å². The lowest BCUT2D eigenvalue weighted by Crippen LogP contribution is -2.07. The van der Waals surface area contributed by atoms with Crippen molar-refractivity contribution in [3.05, 3.63) is 45.9 Å². The Bertz CT molecular complexity index is 765. The molecule has 110 valence electrons. The van der Waals surface area contributed by atoms with Gasteiger partial charge in [0.05, 0.1) is 21.7 Å². The van der Waals surface area contributed by atoms with Crippen molar-refractivity contribution in [2.24, 2.45) is 0 Å². The van der Waals surface area contributed by atoms with Crippen LogP contribution in [0.3, 0.4) is 0 Å². The third-order valence-corrected chi connectivity index (χ3v) is 4.38. The van der Waals surface area contributed by atoms with E-state index in [2.05, 4.69) is 19.9 Å². The Morgan fingerprint density at radius 2 is 2.14 bits per heavy atom. The molecule has 3 aromatic rings. The summed E-state index contributed by atoms with van der Waals surface area (Å²) in [6.07, 6.45) is 1.51. The molecule has 6 heteroatoms. The predicted molar refractivity (Wildman–Crippen MR) is 84.7 cm³/mol. The lowest BCUT2D eigenvalue weighted by atomic mass is 10.3. The first-order valence-corrected chi connectivity index (χ1v) is 8.20. The van der Waals surface area contributed by atoms with Gasteiger partial charge in [0.2, 0.25) is 0 Å². The van der Waals surface area contributed by atoms with Crippen molar-refractivity contribution in [3.63, 3.8) is 0 Å². The van der Waals surface area contributed by atoms with Crippen LogP contribution in [0.2, 0.25) is 0 Å². The molecule has 0 radical (unpaired) electrons. The summed E-state index contributed by atoms with van der Waals surface area (Å²) in [6.45, 7) is 2.78. The monoisotopic (exact) mass is 323 g/mol. The molecule has 0 aliphatic rings. The summed E-state index contributed by atoms with van der Waals surface area (Å²) in [5.74, 6) is 1.14. The second-order valence-corrected chi connectivity index (χ2v) is 6.30. The molecule has 0 unspecified atom stereocenters. The van der Waals surface area contributed by atoms with E-state index >= 15 is 0 Å². The highest BCUT2D eigenvalue weighted by Gasteiger charge is 2.11. The van der Waals surface area contributed by atoms with E-state index in [1.807, 2.05) is 6.92 Å². The van der Waals surface area contributed by atoms with Gasteiger partial charge < -0.3 is 4.57 Å². The van der Waals surface area contributed by atoms with E-state index in [0.29, 0.717) is 17.8 Å². The highest BCUT2D eigenvalue weighted by Crippen LogP contribution is 2.19. The average molecular weight is 324 g/mol. The number of halogens is 2. The molecule has 0 bridgehead atoms. The molecule has 2 heterocycles. The van der Waals surface area contributed by atoms with Gasteiger partial charge in [0.1, 0.15) is 11.6 Å². The van der Waals surface area contributed by atoms with E-state index in [0.717, 1.165) is 35.0 Å². The number of alkyl halides is 1. The molecular weight excluding hydrogens is 309 g/mol. The molecule has 0 atom stereocenters. The average Bonchev–Trinajstić information content (AvgIpc) is 3.00. The van der Waals surface area contributed by atoms with Crippen molar-refractivity contribution in [2.45, 2.75) is 26.3 Å². The van der Waals surface area contributed by atoms with Gasteiger partial charge >= 0.3 is 0 Å². The first kappa shape index (κ1) is 14.5. The van der Waals surface area contributed by atoms with Crippen molar-refractivity contribution in [3.8, 4) is 0 Å². The normalized spacial score (nSPS) is 11.4. The minimum Gasteiger partial charge on any atom is -0.328 e. The number of hydrogen-bond acceptors (Lipinski definition) is 3. The van der Waals surface area contributed by atoms with Crippen LogP contribution < -0.4 is 0 Å². The number of benzene rings is 1. The maximum Gasteiger partial charge on any atom is 0.125 e. The Hall–Kier alpha value is -1.46. The van der Waals surface area contributed by atoms with Crippen LogP contribution in [0.25, 0.3) is 11.0 Å². The van der Waals surface area contributed by atoms with Crippen molar-refractivity contribution >= 4 is 34.0 Å². The molecule has 0 saturated carbocycles. The van der Waals surface area contributed by atoms with Gasteiger partial charge in [-0.2, -0.15) is 0 Å². The van der Waals surface area contributed by atoms with Crippen LogP contribution in [0, 0.1) is 12.7 Å². The number of nitrogens with zero attached hydrogens (tertiary/aromatic N) is 3. The summed E-state index contributed by atoms with van der Waals surface area (Å²) >= 11 is 7.50. The largest absolute Gasteiger partial charge is 0.328 e. The van der Waals surface area contributed by atoms with E-state index in [9.17, 15) is 4.39 Å². The molecule has 21 heavy (non-hydrogen) atoms. The molecule has 0 aliphatic heterocycles. The Morgan fingerprint density at radius 3 is 2.86 bits per heavy atom. The zero-order valence-electron chi connectivity index (χ0n) is 11.6. The van der Waals surface area contributed by atoms with Gasteiger partial charge in [0, 0.05) is 36.7 Å². The third kappa shape index (κ3) is 3.09. The zero-order valence-corrected chi connectivity index (χ0v) is 13.2. The lowest BCUT2D eigenvalue weighted by molar-refractivity contribution is 0.629.